The van der Waals surface area contributed by atoms with Gasteiger partial charge >= 0.3 is 0 Å². The lowest BCUT2D eigenvalue weighted by atomic mass is 10.1. The van der Waals surface area contributed by atoms with Crippen LogP contribution in [0.1, 0.15) is 58.8 Å². The number of aromatic nitrogens is 3. The molecule has 8 nitrogen and oxygen atoms in total. The molecule has 136 valence electrons. The minimum Gasteiger partial charge on any atom is -0.291 e. The second-order valence-corrected chi connectivity index (χ2v) is 7.96. The van der Waals surface area contributed by atoms with Crippen molar-refractivity contribution in [2.24, 2.45) is 0 Å². The Balaban J connectivity index is 1.83. The van der Waals surface area contributed by atoms with Crippen molar-refractivity contribution in [2.45, 2.75) is 38.4 Å². The van der Waals surface area contributed by atoms with Crippen molar-refractivity contribution in [3.8, 4) is 0 Å². The zero-order chi connectivity index (χ0) is 19.1. The van der Waals surface area contributed by atoms with Crippen LogP contribution in [0.25, 0.3) is 0 Å². The van der Waals surface area contributed by atoms with E-state index in [9.17, 15) is 14.4 Å². The molecule has 9 heteroatoms. The smallest absolute Gasteiger partial charge is 0.262 e. The summed E-state index contributed by atoms with van der Waals surface area (Å²) in [5.41, 5.74) is 0.171. The second-order valence-electron chi connectivity index (χ2n) is 6.73. The summed E-state index contributed by atoms with van der Waals surface area (Å²) in [6.07, 6.45) is 0. The Hall–Kier alpha value is -2.68. The number of nitrogens with zero attached hydrogens (tertiary/aromatic N) is 3. The van der Waals surface area contributed by atoms with Crippen molar-refractivity contribution in [3.63, 3.8) is 0 Å². The number of carbonyl (C=O) groups is 3. The summed E-state index contributed by atoms with van der Waals surface area (Å²) in [4.78, 5) is 42.9. The number of anilines is 1. The highest BCUT2D eigenvalue weighted by molar-refractivity contribution is 7.99. The first-order valence-corrected chi connectivity index (χ1v) is 9.10. The van der Waals surface area contributed by atoms with E-state index >= 15 is 0 Å². The molecule has 0 unspecified atom stereocenters. The van der Waals surface area contributed by atoms with E-state index in [1.165, 1.54) is 34.9 Å². The van der Waals surface area contributed by atoms with Crippen LogP contribution in [0.15, 0.2) is 23.4 Å². The number of benzene rings is 1. The maximum atomic E-state index is 12.6. The monoisotopic (exact) mass is 373 g/mol. The number of hydrogen-bond donors (Lipinski definition) is 2. The average molecular weight is 373 g/mol. The van der Waals surface area contributed by atoms with E-state index in [-0.39, 0.29) is 23.0 Å². The molecule has 3 rings (SSSR count). The van der Waals surface area contributed by atoms with Crippen LogP contribution in [0.4, 0.5) is 5.95 Å². The first-order chi connectivity index (χ1) is 12.2. The number of hydrogen-bond acceptors (Lipinski definition) is 6. The fourth-order valence-corrected chi connectivity index (χ4v) is 3.19. The van der Waals surface area contributed by atoms with Crippen molar-refractivity contribution < 1.29 is 14.4 Å². The molecule has 2 aromatic rings. The van der Waals surface area contributed by atoms with E-state index in [2.05, 4.69) is 20.5 Å². The molecule has 0 saturated heterocycles. The van der Waals surface area contributed by atoms with Gasteiger partial charge in [-0.1, -0.05) is 18.7 Å². The summed E-state index contributed by atoms with van der Waals surface area (Å²) in [6, 6.07) is 4.47. The van der Waals surface area contributed by atoms with Gasteiger partial charge in [0.2, 0.25) is 11.1 Å². The predicted octanol–water partition coefficient (Wildman–Crippen LogP) is 2.56. The van der Waals surface area contributed by atoms with Gasteiger partial charge < -0.3 is 0 Å². The third-order valence-corrected chi connectivity index (χ3v) is 4.52. The minimum absolute atomic E-state index is 0.227. The fraction of sp³-hybridized carbons (Fsp3) is 0.353. The maximum Gasteiger partial charge on any atom is 0.262 e. The molecule has 0 fully saturated rings. The Bertz CT molecular complexity index is 900. The number of rotatable bonds is 4. The minimum atomic E-state index is -0.636. The summed E-state index contributed by atoms with van der Waals surface area (Å²) < 4.78 is 0. The van der Waals surface area contributed by atoms with E-state index in [1.807, 2.05) is 6.92 Å². The fourth-order valence-electron chi connectivity index (χ4n) is 2.67. The molecule has 0 atom stereocenters. The topological polar surface area (TPSA) is 108 Å². The van der Waals surface area contributed by atoms with Crippen LogP contribution in [0.3, 0.4) is 0 Å². The van der Waals surface area contributed by atoms with Crippen molar-refractivity contribution in [2.75, 3.05) is 11.1 Å². The van der Waals surface area contributed by atoms with E-state index in [4.69, 9.17) is 0 Å². The summed E-state index contributed by atoms with van der Waals surface area (Å²) in [7, 11) is 0. The molecule has 0 saturated carbocycles. The van der Waals surface area contributed by atoms with Gasteiger partial charge in [-0.3, -0.25) is 24.6 Å². The zero-order valence-corrected chi connectivity index (χ0v) is 15.7. The van der Waals surface area contributed by atoms with Gasteiger partial charge in [0, 0.05) is 11.1 Å². The Morgan fingerprint density at radius 1 is 1.23 bits per heavy atom. The highest BCUT2D eigenvalue weighted by Gasteiger charge is 2.42. The Morgan fingerprint density at radius 2 is 1.92 bits per heavy atom. The van der Waals surface area contributed by atoms with Crippen molar-refractivity contribution in [1.29, 1.82) is 0 Å². The SMILES string of the molecule is CCSc1n[nH]c(NC(=O)c2ccc3c(c2)C(=O)N(C(C)(C)C)C3=O)n1. The number of fused-ring (bicyclic) bond motifs is 1. The lowest BCUT2D eigenvalue weighted by Gasteiger charge is -2.29. The van der Waals surface area contributed by atoms with Crippen molar-refractivity contribution in [3.05, 3.63) is 34.9 Å². The lowest BCUT2D eigenvalue weighted by molar-refractivity contribution is 0.0507. The van der Waals surface area contributed by atoms with Crippen LogP contribution in [0, 0.1) is 0 Å². The Labute approximate surface area is 154 Å². The number of nitrogens with one attached hydrogen (secondary N) is 2. The number of carbonyl (C=O) groups excluding carboxylic acids is 3. The molecule has 2 N–H and O–H groups in total. The third-order valence-electron chi connectivity index (χ3n) is 3.79. The molecule has 0 spiro atoms. The van der Waals surface area contributed by atoms with Crippen LogP contribution in [0.2, 0.25) is 0 Å². The number of aromatic amines is 1. The lowest BCUT2D eigenvalue weighted by Crippen LogP contribution is -2.45. The number of imide groups is 1. The zero-order valence-electron chi connectivity index (χ0n) is 14.9. The molecule has 0 radical (unpaired) electrons. The van der Waals surface area contributed by atoms with Crippen LogP contribution < -0.4 is 5.32 Å². The summed E-state index contributed by atoms with van der Waals surface area (Å²) >= 11 is 1.45. The average Bonchev–Trinajstić information content (AvgIpc) is 3.10. The van der Waals surface area contributed by atoms with E-state index in [0.717, 1.165) is 5.75 Å². The molecular formula is C17H19N5O3S. The van der Waals surface area contributed by atoms with Crippen molar-refractivity contribution >= 4 is 35.4 Å². The molecular weight excluding hydrogens is 354 g/mol. The van der Waals surface area contributed by atoms with E-state index in [1.54, 1.807) is 20.8 Å². The summed E-state index contributed by atoms with van der Waals surface area (Å²) in [5.74, 6) is -0.137. The van der Waals surface area contributed by atoms with Gasteiger partial charge in [-0.15, -0.1) is 5.10 Å². The molecule has 1 aromatic heterocycles. The normalized spacial score (nSPS) is 13.9. The highest BCUT2D eigenvalue weighted by Crippen LogP contribution is 2.30. The molecule has 0 aliphatic carbocycles. The molecule has 0 bridgehead atoms. The van der Waals surface area contributed by atoms with Gasteiger partial charge in [0.15, 0.2) is 0 Å². The van der Waals surface area contributed by atoms with E-state index < -0.39 is 17.4 Å². The first kappa shape index (κ1) is 18.1. The van der Waals surface area contributed by atoms with Gasteiger partial charge in [0.25, 0.3) is 17.7 Å². The Morgan fingerprint density at radius 3 is 2.58 bits per heavy atom. The van der Waals surface area contributed by atoms with Gasteiger partial charge in [0.1, 0.15) is 0 Å². The highest BCUT2D eigenvalue weighted by atomic mass is 32.2. The van der Waals surface area contributed by atoms with E-state index in [0.29, 0.717) is 10.7 Å². The van der Waals surface area contributed by atoms with Crippen LogP contribution in [-0.4, -0.2) is 49.1 Å². The molecule has 3 amide bonds. The van der Waals surface area contributed by atoms with Gasteiger partial charge in [-0.25, -0.2) is 5.10 Å². The number of H-pyrrole nitrogens is 1. The first-order valence-electron chi connectivity index (χ1n) is 8.12. The molecule has 1 aromatic carbocycles. The summed E-state index contributed by atoms with van der Waals surface area (Å²) in [5, 5.41) is 9.76. The van der Waals surface area contributed by atoms with Crippen LogP contribution in [-0.2, 0) is 0 Å². The van der Waals surface area contributed by atoms with Crippen LogP contribution in [0.5, 0.6) is 0 Å². The molecule has 2 heterocycles. The number of thioether (sulfide) groups is 1. The third kappa shape index (κ3) is 3.22. The predicted molar refractivity (Wildman–Crippen MR) is 97.4 cm³/mol. The second kappa shape index (κ2) is 6.56. The maximum absolute atomic E-state index is 12.6. The largest absolute Gasteiger partial charge is 0.291 e. The van der Waals surface area contributed by atoms with Crippen LogP contribution >= 0.6 is 11.8 Å². The molecule has 26 heavy (non-hydrogen) atoms. The Kier molecular flexibility index (Phi) is 4.57. The summed E-state index contributed by atoms with van der Waals surface area (Å²) in [6.45, 7) is 7.34. The van der Waals surface area contributed by atoms with Gasteiger partial charge in [0.05, 0.1) is 11.1 Å². The number of amides is 3. The molecule has 1 aliphatic rings. The standard InChI is InChI=1S/C17H19N5O3S/c1-5-26-16-19-15(20-21-16)18-12(23)9-6-7-10-11(8-9)14(25)22(13(10)24)17(2,3)4/h6-8H,5H2,1-4H3,(H2,18,19,20,21,23). The van der Waals surface area contributed by atoms with Crippen molar-refractivity contribution in [1.82, 2.24) is 20.1 Å². The molecule has 1 aliphatic heterocycles. The van der Waals surface area contributed by atoms with Gasteiger partial charge in [-0.2, -0.15) is 4.98 Å². The van der Waals surface area contributed by atoms with Gasteiger partial charge in [-0.05, 0) is 44.7 Å². The quantitative estimate of drug-likeness (QED) is 0.630.